The first-order chi connectivity index (χ1) is 16.7. The van der Waals surface area contributed by atoms with Crippen LogP contribution in [0, 0.1) is 11.8 Å². The van der Waals surface area contributed by atoms with Crippen molar-refractivity contribution in [2.45, 2.75) is 71.1 Å². The number of phenols is 1. The lowest BCUT2D eigenvalue weighted by atomic mass is 10.00. The van der Waals surface area contributed by atoms with Gasteiger partial charge in [0.05, 0.1) is 6.04 Å². The van der Waals surface area contributed by atoms with Crippen LogP contribution in [0.2, 0.25) is 0 Å². The van der Waals surface area contributed by atoms with E-state index in [1.807, 2.05) is 0 Å². The van der Waals surface area contributed by atoms with Crippen molar-refractivity contribution in [1.29, 1.82) is 0 Å². The predicted molar refractivity (Wildman–Crippen MR) is 131 cm³/mol. The molecule has 0 saturated heterocycles. The van der Waals surface area contributed by atoms with E-state index in [1.54, 1.807) is 39.8 Å². The Bertz CT molecular complexity index is 933. The van der Waals surface area contributed by atoms with Gasteiger partial charge in [0, 0.05) is 6.42 Å². The highest BCUT2D eigenvalue weighted by atomic mass is 16.4. The standard InChI is InChI=1S/C24H37N5O7/c1-12(2)19(28-21(32)16(25)11-14-5-7-15(30)8-6-14)23(34)27-17(9-10-18(26)31)22(33)29-20(13(3)4)24(35)36/h5-8,12-13,16-17,19-20,30H,9-11,25H2,1-4H3,(H2,26,31)(H,27,34)(H,28,32)(H,29,33)(H,35,36)/t16-,17-,19-,20-/m0/s1. The number of aliphatic carboxylic acids is 1. The summed E-state index contributed by atoms with van der Waals surface area (Å²) in [5, 5.41) is 26.2. The number of carbonyl (C=O) groups is 5. The molecular weight excluding hydrogens is 470 g/mol. The highest BCUT2D eigenvalue weighted by Gasteiger charge is 2.32. The molecule has 0 unspecified atom stereocenters. The second-order valence-corrected chi connectivity index (χ2v) is 9.34. The normalized spacial score (nSPS) is 14.4. The largest absolute Gasteiger partial charge is 0.508 e. The van der Waals surface area contributed by atoms with Crippen LogP contribution in [0.1, 0.15) is 46.1 Å². The van der Waals surface area contributed by atoms with E-state index in [4.69, 9.17) is 11.5 Å². The van der Waals surface area contributed by atoms with E-state index < -0.39 is 65.6 Å². The zero-order chi connectivity index (χ0) is 27.6. The minimum Gasteiger partial charge on any atom is -0.508 e. The quantitative estimate of drug-likeness (QED) is 0.172. The van der Waals surface area contributed by atoms with E-state index in [0.29, 0.717) is 5.56 Å². The van der Waals surface area contributed by atoms with Gasteiger partial charge >= 0.3 is 5.97 Å². The summed E-state index contributed by atoms with van der Waals surface area (Å²) in [5.41, 5.74) is 11.9. The molecule has 0 bridgehead atoms. The zero-order valence-corrected chi connectivity index (χ0v) is 21.0. The Morgan fingerprint density at radius 2 is 1.36 bits per heavy atom. The fraction of sp³-hybridized carbons (Fsp3) is 0.542. The maximum absolute atomic E-state index is 13.0. The van der Waals surface area contributed by atoms with Crippen molar-refractivity contribution in [3.05, 3.63) is 29.8 Å². The van der Waals surface area contributed by atoms with Crippen LogP contribution in [0.4, 0.5) is 0 Å². The number of carbonyl (C=O) groups excluding carboxylic acids is 4. The zero-order valence-electron chi connectivity index (χ0n) is 21.0. The molecule has 4 atom stereocenters. The van der Waals surface area contributed by atoms with E-state index >= 15 is 0 Å². The SMILES string of the molecule is CC(C)[C@H](NC(=O)[C@H](CCC(N)=O)NC(=O)[C@@H](NC(=O)[C@@H](N)Cc1ccc(O)cc1)C(C)C)C(=O)O. The van der Waals surface area contributed by atoms with Gasteiger partial charge in [0.2, 0.25) is 23.6 Å². The van der Waals surface area contributed by atoms with Gasteiger partial charge in [-0.15, -0.1) is 0 Å². The fourth-order valence-corrected chi connectivity index (χ4v) is 3.36. The summed E-state index contributed by atoms with van der Waals surface area (Å²) in [4.78, 5) is 61.3. The number of amides is 4. The van der Waals surface area contributed by atoms with Crippen molar-refractivity contribution >= 4 is 29.6 Å². The minimum absolute atomic E-state index is 0.0753. The summed E-state index contributed by atoms with van der Waals surface area (Å²) in [6, 6.07) is 1.67. The third-order valence-electron chi connectivity index (χ3n) is 5.52. The van der Waals surface area contributed by atoms with E-state index in [-0.39, 0.29) is 25.0 Å². The van der Waals surface area contributed by atoms with Crippen LogP contribution in [0.5, 0.6) is 5.75 Å². The molecule has 0 heterocycles. The molecule has 0 aliphatic carbocycles. The average molecular weight is 508 g/mol. The molecule has 1 rings (SSSR count). The second-order valence-electron chi connectivity index (χ2n) is 9.34. The van der Waals surface area contributed by atoms with Crippen molar-refractivity contribution in [1.82, 2.24) is 16.0 Å². The van der Waals surface area contributed by atoms with Crippen LogP contribution in [0.15, 0.2) is 24.3 Å². The number of carboxylic acid groups (broad SMARTS) is 1. The molecule has 0 saturated carbocycles. The molecule has 0 fully saturated rings. The number of nitrogens with one attached hydrogen (secondary N) is 3. The van der Waals surface area contributed by atoms with Gasteiger partial charge in [0.25, 0.3) is 0 Å². The van der Waals surface area contributed by atoms with Crippen molar-refractivity contribution in [2.75, 3.05) is 0 Å². The Kier molecular flexibility index (Phi) is 11.8. The summed E-state index contributed by atoms with van der Waals surface area (Å²) < 4.78 is 0. The van der Waals surface area contributed by atoms with E-state index in [2.05, 4.69) is 16.0 Å². The van der Waals surface area contributed by atoms with Crippen molar-refractivity contribution in [3.8, 4) is 5.75 Å². The molecule has 36 heavy (non-hydrogen) atoms. The molecule has 12 nitrogen and oxygen atoms in total. The summed E-state index contributed by atoms with van der Waals surface area (Å²) in [6.07, 6.45) is -0.224. The third kappa shape index (κ3) is 9.90. The molecule has 1 aromatic carbocycles. The van der Waals surface area contributed by atoms with E-state index in [1.165, 1.54) is 12.1 Å². The van der Waals surface area contributed by atoms with Gasteiger partial charge in [-0.1, -0.05) is 39.8 Å². The fourth-order valence-electron chi connectivity index (χ4n) is 3.36. The molecule has 4 amide bonds. The average Bonchev–Trinajstić information content (AvgIpc) is 2.78. The molecule has 0 radical (unpaired) electrons. The number of phenolic OH excluding ortho intramolecular Hbond substituents is 1. The predicted octanol–water partition coefficient (Wildman–Crippen LogP) is -0.621. The minimum atomic E-state index is -1.26. The molecule has 0 aliphatic heterocycles. The Morgan fingerprint density at radius 1 is 0.833 bits per heavy atom. The highest BCUT2D eigenvalue weighted by molar-refractivity contribution is 5.94. The number of nitrogens with two attached hydrogens (primary N) is 2. The van der Waals surface area contributed by atoms with Crippen LogP contribution in [0.25, 0.3) is 0 Å². The lowest BCUT2D eigenvalue weighted by Gasteiger charge is -2.27. The van der Waals surface area contributed by atoms with Gasteiger partial charge in [-0.3, -0.25) is 19.2 Å². The maximum Gasteiger partial charge on any atom is 0.326 e. The number of rotatable bonds is 14. The molecule has 9 N–H and O–H groups in total. The van der Waals surface area contributed by atoms with E-state index in [0.717, 1.165) is 0 Å². The molecule has 1 aromatic rings. The first-order valence-electron chi connectivity index (χ1n) is 11.7. The molecule has 0 aromatic heterocycles. The van der Waals surface area contributed by atoms with E-state index in [9.17, 15) is 34.2 Å². The Hall–Kier alpha value is -3.67. The molecular formula is C24H37N5O7. The Labute approximate surface area is 210 Å². The number of primary amides is 1. The van der Waals surface area contributed by atoms with Gasteiger partial charge in [-0.2, -0.15) is 0 Å². The van der Waals surface area contributed by atoms with Gasteiger partial charge in [0.15, 0.2) is 0 Å². The molecule has 12 heteroatoms. The molecule has 200 valence electrons. The van der Waals surface area contributed by atoms with Gasteiger partial charge in [0.1, 0.15) is 23.9 Å². The van der Waals surface area contributed by atoms with Crippen LogP contribution < -0.4 is 27.4 Å². The summed E-state index contributed by atoms with van der Waals surface area (Å²) in [5.74, 6) is -4.77. The van der Waals surface area contributed by atoms with Crippen LogP contribution >= 0.6 is 0 Å². The number of hydrogen-bond donors (Lipinski definition) is 7. The smallest absolute Gasteiger partial charge is 0.326 e. The third-order valence-corrected chi connectivity index (χ3v) is 5.52. The lowest BCUT2D eigenvalue weighted by Crippen LogP contribution is -2.59. The van der Waals surface area contributed by atoms with Crippen LogP contribution in [0.3, 0.4) is 0 Å². The summed E-state index contributed by atoms with van der Waals surface area (Å²) in [7, 11) is 0. The topological polar surface area (TPSA) is 214 Å². The van der Waals surface area contributed by atoms with Gasteiger partial charge in [-0.25, -0.2) is 4.79 Å². The first kappa shape index (κ1) is 30.4. The Morgan fingerprint density at radius 3 is 1.83 bits per heavy atom. The van der Waals surface area contributed by atoms with Crippen molar-refractivity contribution in [2.24, 2.45) is 23.3 Å². The molecule has 0 aliphatic rings. The number of benzene rings is 1. The van der Waals surface area contributed by atoms with Crippen LogP contribution in [-0.2, 0) is 30.4 Å². The van der Waals surface area contributed by atoms with Crippen molar-refractivity contribution in [3.63, 3.8) is 0 Å². The van der Waals surface area contributed by atoms with Crippen LogP contribution in [-0.4, -0.2) is 64.0 Å². The van der Waals surface area contributed by atoms with Crippen molar-refractivity contribution < 1.29 is 34.2 Å². The second kappa shape index (κ2) is 14.0. The molecule has 0 spiro atoms. The number of carboxylic acids is 1. The maximum atomic E-state index is 13.0. The van der Waals surface area contributed by atoms with Gasteiger partial charge in [-0.05, 0) is 42.4 Å². The van der Waals surface area contributed by atoms with Gasteiger partial charge < -0.3 is 37.6 Å². The summed E-state index contributed by atoms with van der Waals surface area (Å²) >= 11 is 0. The Balaban J connectivity index is 2.95. The lowest BCUT2D eigenvalue weighted by molar-refractivity contribution is -0.143. The summed E-state index contributed by atoms with van der Waals surface area (Å²) in [6.45, 7) is 6.60. The number of aromatic hydroxyl groups is 1. The first-order valence-corrected chi connectivity index (χ1v) is 11.7. The monoisotopic (exact) mass is 507 g/mol. The number of hydrogen-bond acceptors (Lipinski definition) is 7. The highest BCUT2D eigenvalue weighted by Crippen LogP contribution is 2.12.